The summed E-state index contributed by atoms with van der Waals surface area (Å²) < 4.78 is 57.9. The van der Waals surface area contributed by atoms with Gasteiger partial charge in [-0.25, -0.2) is 0 Å². The van der Waals surface area contributed by atoms with Crippen molar-refractivity contribution in [3.63, 3.8) is 0 Å². The number of nitrogens with zero attached hydrogens (tertiary/aromatic N) is 2. The summed E-state index contributed by atoms with van der Waals surface area (Å²) >= 11 is 14.9. The van der Waals surface area contributed by atoms with Crippen LogP contribution in [0.4, 0.5) is 0 Å². The number of aromatic hydroxyl groups is 4. The molecule has 7 aromatic rings. The van der Waals surface area contributed by atoms with Crippen LogP contribution in [-0.4, -0.2) is 311 Å². The number of unbranched alkanes of at least 4 members (excludes halogenated alkanes) is 3. The van der Waals surface area contributed by atoms with Crippen LogP contribution in [-0.2, 0) is 68.5 Å². The quantitative estimate of drug-likeness (QED) is 0.0250. The smallest absolute Gasteiger partial charge is 0.248 e. The monoisotopic (exact) mass is 2090 g/mol. The number of phenolic OH excluding ortho intramolecular Hbond substituents is 4. The van der Waals surface area contributed by atoms with Gasteiger partial charge in [0.05, 0.1) is 29.9 Å². The zero-order valence-electron chi connectivity index (χ0n) is 81.0. The molecule has 3 saturated heterocycles. The second-order valence-electron chi connectivity index (χ2n) is 37.2. The Morgan fingerprint density at radius 3 is 1.69 bits per heavy atom. The Morgan fingerprint density at radius 1 is 0.503 bits per heavy atom. The number of nitrogens with one attached hydrogen (secondary N) is 9. The molecule has 9 amide bonds. The van der Waals surface area contributed by atoms with Gasteiger partial charge in [-0.1, -0.05) is 107 Å². The topological polar surface area (TPSA) is 687 Å². The molecule has 0 radical (unpaired) electrons. The van der Waals surface area contributed by atoms with Crippen LogP contribution < -0.4 is 83.0 Å². The van der Waals surface area contributed by atoms with Gasteiger partial charge in [0.1, 0.15) is 162 Å². The van der Waals surface area contributed by atoms with Crippen LogP contribution in [0.1, 0.15) is 161 Å². The summed E-state index contributed by atoms with van der Waals surface area (Å²) in [5, 5.41) is 182. The van der Waals surface area contributed by atoms with E-state index in [1.54, 1.807) is 0 Å². The maximum absolute atomic E-state index is 17.0. The first kappa shape index (κ1) is 112. The lowest BCUT2D eigenvalue weighted by Crippen LogP contribution is -2.65. The lowest BCUT2D eigenvalue weighted by atomic mass is 9.95. The molecule has 47 heteroatoms. The van der Waals surface area contributed by atoms with Crippen LogP contribution in [0.5, 0.6) is 69.0 Å². The number of likely N-dealkylation sites (N-methyl/N-ethyl adjacent to an activating group) is 1. The first-order chi connectivity index (χ1) is 70.2. The fourth-order valence-electron chi connectivity index (χ4n) is 17.9. The van der Waals surface area contributed by atoms with Crippen molar-refractivity contribution in [1.82, 2.24) is 57.7 Å². The van der Waals surface area contributed by atoms with E-state index in [1.165, 1.54) is 30.3 Å². The van der Waals surface area contributed by atoms with E-state index in [2.05, 4.69) is 71.5 Å². The van der Waals surface area contributed by atoms with Gasteiger partial charge >= 0.3 is 0 Å². The molecular formula is C100H127Cl2N13O32. The first-order valence-corrected chi connectivity index (χ1v) is 49.2. The SMILES string of the molecule is CCN(CC)CCN(CCCN)CCCNC(=O)[C@@H](NC(=O)[C@H]1NC(=O)[C@@H](c2ccc(O)cc2)NC(=O)[C@@H]2NC(=O)[C@H]3NC(=O)[C@@H](Cc4ccc(c(Cl)c4)Oc4cc2cc(c4O[C@@H]2O[C@H](CO)[C@@H](O)[C@H](O)[C@H]2NC(=O)CCCCCCC(C)C)Oc2ccc(cc2Cl)[C@H]1O[C@@H]1O[C@H](CO)[C@@H](O)[C@H](O)[C@H]1NC(C)=O)NC(=O)[C@H](N)c1ccc(O)c(c1)Oc1cc(O)cc3c1)c1cc(O)cc(O[C@H]2O[C@H](CO)[C@@H](O)[C@H](O)[C@@H]2O)c1. The molecule has 3 fully saturated rings. The van der Waals surface area contributed by atoms with Crippen molar-refractivity contribution in [2.75, 3.05) is 72.2 Å². The summed E-state index contributed by atoms with van der Waals surface area (Å²) in [6.07, 6.45) is -24.1. The average Bonchev–Trinajstić information content (AvgIpc) is 0.763. The minimum absolute atomic E-state index is 0.0414. The van der Waals surface area contributed by atoms with Crippen LogP contribution in [0, 0.1) is 5.92 Å². The van der Waals surface area contributed by atoms with Gasteiger partial charge in [0.25, 0.3) is 0 Å². The highest BCUT2D eigenvalue weighted by molar-refractivity contribution is 6.32. The number of phenols is 4. The maximum atomic E-state index is 17.0. The van der Waals surface area contributed by atoms with Gasteiger partial charge in [-0.3, -0.25) is 43.2 Å². The molecule has 13 bridgehead atoms. The number of benzene rings is 7. The molecule has 45 nitrogen and oxygen atoms in total. The number of hydrogen-bond donors (Lipinski definition) is 25. The van der Waals surface area contributed by atoms with Crippen LogP contribution >= 0.6 is 23.2 Å². The second-order valence-corrected chi connectivity index (χ2v) is 38.0. The molecule has 0 unspecified atom stereocenters. The van der Waals surface area contributed by atoms with Crippen LogP contribution in [0.2, 0.25) is 10.0 Å². The van der Waals surface area contributed by atoms with E-state index >= 15 is 28.8 Å². The Bertz CT molecular complexity index is 5780. The number of carbonyl (C=O) groups excluding carboxylic acids is 9. The Labute approximate surface area is 854 Å². The molecule has 23 atom stereocenters. The number of fused-ring (bicyclic) bond motifs is 15. The number of rotatable bonds is 35. The van der Waals surface area contributed by atoms with Gasteiger partial charge in [0.2, 0.25) is 71.5 Å². The van der Waals surface area contributed by atoms with Gasteiger partial charge in [0.15, 0.2) is 29.3 Å². The van der Waals surface area contributed by atoms with E-state index in [-0.39, 0.29) is 75.0 Å². The van der Waals surface area contributed by atoms with Crippen LogP contribution in [0.25, 0.3) is 0 Å². The molecule has 798 valence electrons. The van der Waals surface area contributed by atoms with E-state index < -0.39 is 282 Å². The van der Waals surface area contributed by atoms with E-state index in [1.807, 2.05) is 13.8 Å². The standard InChI is InChI=1S/C100H127Cl2N13O32/c1-6-114(7-2)30-31-115(28-12-26-103)29-13-27-105-93(134)76(53-34-58(122)43-60(37-53)140-100-88(131)87(130)84(127)72(46-118)145-100)111-97(138)81-89(146-98-79(106-48(5)119)85(128)82(125)70(44-116)143-98)52-20-25-66(62(102)38-52)142-69-41-55-40-68(90(69)147-99-80(86(129)83(126)71(45-117)144-99)108-73(124)15-11-9-8-10-14-47(3)4)141-65-24-16-49(32-61(65)101)33-63-91(132)109-77(95(136)112-78(55)96(137)110-75(94(135)113-81)50-17-21-56(120)22-18-50)54-35-57(121)42-59(36-54)139-67-39-51(19-23-64(67)123)74(104)92(133)107-63/h16-25,32,34-43,47,63,70-72,74-89,98-100,116-118,120-123,125-131H,6-15,26-31,33,44-46,103-104H2,1-5H3,(H,105,134)(H,106,119)(H,107,133)(H,108,124)(H,109,132)(H,110,137)(H,111,138)(H,112,136)(H,113,135)/t63-,70-,71-,72-,74-,75-,76+,77+,78-,79-,80-,81+,82-,83-,84-,85-,86-,87+,88+,89-,98+,99+,100+/m1/s1. The van der Waals surface area contributed by atoms with Gasteiger partial charge in [-0.2, -0.15) is 0 Å². The number of hydrogen-bond acceptors (Lipinski definition) is 36. The van der Waals surface area contributed by atoms with E-state index in [9.17, 15) is 85.9 Å². The van der Waals surface area contributed by atoms with Gasteiger partial charge < -0.3 is 183 Å². The Kier molecular flexibility index (Phi) is 39.0. The summed E-state index contributed by atoms with van der Waals surface area (Å²) in [6.45, 7) is 10.0. The zero-order valence-corrected chi connectivity index (χ0v) is 82.5. The van der Waals surface area contributed by atoms with Crippen molar-refractivity contribution in [3.05, 3.63) is 176 Å². The summed E-state index contributed by atoms with van der Waals surface area (Å²) in [7, 11) is 0. The highest BCUT2D eigenvalue weighted by Crippen LogP contribution is 2.50. The summed E-state index contributed by atoms with van der Waals surface area (Å²) in [5.41, 5.74) is 10.9. The van der Waals surface area contributed by atoms with Gasteiger partial charge in [-0.05, 0) is 182 Å². The molecule has 147 heavy (non-hydrogen) atoms. The largest absolute Gasteiger partial charge is 0.508 e. The number of carbonyl (C=O) groups is 9. The van der Waals surface area contributed by atoms with E-state index in [0.717, 1.165) is 136 Å². The molecule has 0 aliphatic carbocycles. The molecule has 0 saturated carbocycles. The third-order valence-electron chi connectivity index (χ3n) is 26.1. The van der Waals surface area contributed by atoms with Gasteiger partial charge in [-0.15, -0.1) is 0 Å². The van der Waals surface area contributed by atoms with Crippen LogP contribution in [0.3, 0.4) is 0 Å². The molecule has 0 aromatic heterocycles. The number of halogens is 2. The normalized spacial score (nSPS) is 26.6. The van der Waals surface area contributed by atoms with Crippen molar-refractivity contribution in [3.8, 4) is 69.0 Å². The Morgan fingerprint density at radius 2 is 1.06 bits per heavy atom. The average molecular weight is 2090 g/mol. The highest BCUT2D eigenvalue weighted by atomic mass is 35.5. The minimum atomic E-state index is -2.56. The van der Waals surface area contributed by atoms with E-state index in [4.69, 9.17) is 77.3 Å². The molecule has 0 spiro atoms. The summed E-state index contributed by atoms with van der Waals surface area (Å²) in [4.78, 5) is 146. The Hall–Kier alpha value is -12.2. The molecule has 27 N–H and O–H groups in total. The zero-order chi connectivity index (χ0) is 106. The number of amides is 9. The van der Waals surface area contributed by atoms with Crippen molar-refractivity contribution < 1.29 is 157 Å². The molecule has 8 aliphatic heterocycles. The van der Waals surface area contributed by atoms with Crippen molar-refractivity contribution in [1.29, 1.82) is 0 Å². The molecule has 7 aromatic carbocycles. The van der Waals surface area contributed by atoms with Crippen molar-refractivity contribution in [2.24, 2.45) is 17.4 Å². The highest BCUT2D eigenvalue weighted by Gasteiger charge is 2.52. The molecular weight excluding hydrogens is 1970 g/mol. The second kappa shape index (κ2) is 51.2. The van der Waals surface area contributed by atoms with Crippen LogP contribution in [0.15, 0.2) is 127 Å². The first-order valence-electron chi connectivity index (χ1n) is 48.5. The molecule has 8 aliphatic rings. The lowest BCUT2D eigenvalue weighted by Gasteiger charge is -2.44. The number of aliphatic hydroxyl groups excluding tert-OH is 10. The fourth-order valence-corrected chi connectivity index (χ4v) is 18.4. The predicted octanol–water partition coefficient (Wildman–Crippen LogP) is 1.45. The fraction of sp³-hybridized carbons (Fsp3) is 0.490. The van der Waals surface area contributed by atoms with E-state index in [0.29, 0.717) is 57.9 Å². The maximum Gasteiger partial charge on any atom is 0.248 e. The Balaban J connectivity index is 1.04. The van der Waals surface area contributed by atoms with Gasteiger partial charge in [0, 0.05) is 51.5 Å². The third-order valence-corrected chi connectivity index (χ3v) is 26.7. The number of nitrogens with two attached hydrogens (primary N) is 2. The van der Waals surface area contributed by atoms with Crippen molar-refractivity contribution >= 4 is 76.4 Å². The van der Waals surface area contributed by atoms with Crippen molar-refractivity contribution in [2.45, 2.75) is 233 Å². The number of ether oxygens (including phenoxy) is 9. The summed E-state index contributed by atoms with van der Waals surface area (Å²) in [5.74, 6) is -16.6. The number of aliphatic hydroxyl groups is 10. The minimum Gasteiger partial charge on any atom is -0.508 e. The summed E-state index contributed by atoms with van der Waals surface area (Å²) in [6, 6.07) is 4.96. The third kappa shape index (κ3) is 28.1. The molecule has 15 rings (SSSR count). The predicted molar refractivity (Wildman–Crippen MR) is 522 cm³/mol. The lowest BCUT2D eigenvalue weighted by molar-refractivity contribution is -0.284. The molecule has 8 heterocycles.